The highest BCUT2D eigenvalue weighted by Crippen LogP contribution is 2.44. The van der Waals surface area contributed by atoms with Crippen LogP contribution in [0.3, 0.4) is 0 Å². The normalized spacial score (nSPS) is 26.2. The maximum absolute atomic E-state index is 11.1. The number of carbonyl (C=O) groups excluding carboxylic acids is 1. The lowest BCUT2D eigenvalue weighted by Gasteiger charge is -2.29. The molecule has 1 spiro atoms. The third-order valence-electron chi connectivity index (χ3n) is 3.70. The minimum atomic E-state index is -0.308. The minimum Gasteiger partial charge on any atom is -0.463 e. The number of carbonyl (C=O) groups is 1. The van der Waals surface area contributed by atoms with Crippen LogP contribution in [0.5, 0.6) is 0 Å². The van der Waals surface area contributed by atoms with E-state index >= 15 is 0 Å². The smallest absolute Gasteiger partial charge is 0.330 e. The van der Waals surface area contributed by atoms with Gasteiger partial charge >= 0.3 is 5.97 Å². The molecule has 0 aromatic carbocycles. The largest absolute Gasteiger partial charge is 0.463 e. The van der Waals surface area contributed by atoms with Crippen LogP contribution in [-0.4, -0.2) is 31.6 Å². The van der Waals surface area contributed by atoms with Crippen LogP contribution in [0.25, 0.3) is 0 Å². The Bertz CT molecular complexity index is 299. The standard InChI is InChI=1S/C14H22O4/c1-2-16-13(15)8-4-3-6-12-7-5-9-14(12)17-10-11-18-14/h4,8,12H,2-3,5-7,9-11H2,1H3. The Morgan fingerprint density at radius 1 is 1.44 bits per heavy atom. The molecule has 2 rings (SSSR count). The molecule has 4 nitrogen and oxygen atoms in total. The van der Waals surface area contributed by atoms with E-state index in [9.17, 15) is 4.79 Å². The van der Waals surface area contributed by atoms with Crippen LogP contribution >= 0.6 is 0 Å². The van der Waals surface area contributed by atoms with E-state index in [-0.39, 0.29) is 11.8 Å². The van der Waals surface area contributed by atoms with Gasteiger partial charge in [0.1, 0.15) is 0 Å². The van der Waals surface area contributed by atoms with E-state index in [4.69, 9.17) is 14.2 Å². The highest BCUT2D eigenvalue weighted by atomic mass is 16.7. The molecule has 0 N–H and O–H groups in total. The molecule has 102 valence electrons. The van der Waals surface area contributed by atoms with Crippen molar-refractivity contribution in [3.63, 3.8) is 0 Å². The van der Waals surface area contributed by atoms with Crippen LogP contribution in [0.15, 0.2) is 12.2 Å². The summed E-state index contributed by atoms with van der Waals surface area (Å²) in [6, 6.07) is 0. The van der Waals surface area contributed by atoms with Gasteiger partial charge in [-0.1, -0.05) is 6.08 Å². The molecule has 1 saturated heterocycles. The first-order valence-corrected chi connectivity index (χ1v) is 6.88. The lowest BCUT2D eigenvalue weighted by Crippen LogP contribution is -2.34. The van der Waals surface area contributed by atoms with Gasteiger partial charge in [0.25, 0.3) is 0 Å². The molecule has 1 saturated carbocycles. The van der Waals surface area contributed by atoms with Crippen molar-refractivity contribution < 1.29 is 19.0 Å². The zero-order valence-electron chi connectivity index (χ0n) is 11.0. The van der Waals surface area contributed by atoms with Gasteiger partial charge in [-0.05, 0) is 32.6 Å². The second-order valence-electron chi connectivity index (χ2n) is 4.83. The number of hydrogen-bond acceptors (Lipinski definition) is 4. The highest BCUT2D eigenvalue weighted by Gasteiger charge is 2.47. The molecule has 2 aliphatic rings. The van der Waals surface area contributed by atoms with E-state index in [2.05, 4.69) is 0 Å². The summed E-state index contributed by atoms with van der Waals surface area (Å²) in [6.07, 6.45) is 8.63. The molecule has 0 aromatic rings. The van der Waals surface area contributed by atoms with Crippen molar-refractivity contribution in [2.45, 2.75) is 44.8 Å². The summed E-state index contributed by atoms with van der Waals surface area (Å²) in [5.74, 6) is -0.101. The summed E-state index contributed by atoms with van der Waals surface area (Å²) in [4.78, 5) is 11.1. The molecule has 1 aliphatic carbocycles. The zero-order chi connectivity index (χ0) is 12.8. The maximum Gasteiger partial charge on any atom is 0.330 e. The quantitative estimate of drug-likeness (QED) is 0.558. The van der Waals surface area contributed by atoms with Crippen LogP contribution in [-0.2, 0) is 19.0 Å². The van der Waals surface area contributed by atoms with Crippen molar-refractivity contribution in [2.75, 3.05) is 19.8 Å². The molecule has 0 aromatic heterocycles. The van der Waals surface area contributed by atoms with Crippen molar-refractivity contribution >= 4 is 5.97 Å². The molecule has 1 unspecified atom stereocenters. The van der Waals surface area contributed by atoms with E-state index in [0.29, 0.717) is 12.5 Å². The van der Waals surface area contributed by atoms with Crippen LogP contribution in [0.4, 0.5) is 0 Å². The molecule has 0 bridgehead atoms. The Kier molecular flexibility index (Phi) is 4.78. The van der Waals surface area contributed by atoms with E-state index in [0.717, 1.165) is 38.9 Å². The monoisotopic (exact) mass is 254 g/mol. The summed E-state index contributed by atoms with van der Waals surface area (Å²) in [5.41, 5.74) is 0. The topological polar surface area (TPSA) is 44.8 Å². The third-order valence-corrected chi connectivity index (χ3v) is 3.70. The summed E-state index contributed by atoms with van der Waals surface area (Å²) in [7, 11) is 0. The minimum absolute atomic E-state index is 0.257. The van der Waals surface area contributed by atoms with Gasteiger partial charge in [-0.3, -0.25) is 0 Å². The fourth-order valence-corrected chi connectivity index (χ4v) is 2.90. The van der Waals surface area contributed by atoms with Crippen LogP contribution < -0.4 is 0 Å². The van der Waals surface area contributed by atoms with Gasteiger partial charge in [-0.25, -0.2) is 4.79 Å². The lowest BCUT2D eigenvalue weighted by atomic mass is 9.96. The van der Waals surface area contributed by atoms with Crippen molar-refractivity contribution in [2.24, 2.45) is 5.92 Å². The SMILES string of the molecule is CCOC(=O)C=CCCC1CCCC12OCCO2. The molecular weight excluding hydrogens is 232 g/mol. The summed E-state index contributed by atoms with van der Waals surface area (Å²) in [5, 5.41) is 0. The predicted molar refractivity (Wildman–Crippen MR) is 67.0 cm³/mol. The molecule has 1 atom stereocenters. The predicted octanol–water partition coefficient (Wildman–Crippen LogP) is 2.43. The van der Waals surface area contributed by atoms with Crippen molar-refractivity contribution in [1.29, 1.82) is 0 Å². The van der Waals surface area contributed by atoms with Crippen LogP contribution in [0, 0.1) is 5.92 Å². The van der Waals surface area contributed by atoms with Crippen molar-refractivity contribution in [3.8, 4) is 0 Å². The number of rotatable bonds is 5. The zero-order valence-corrected chi connectivity index (χ0v) is 11.0. The Morgan fingerprint density at radius 3 is 2.94 bits per heavy atom. The van der Waals surface area contributed by atoms with Gasteiger partial charge in [0.15, 0.2) is 5.79 Å². The fraction of sp³-hybridized carbons (Fsp3) is 0.786. The van der Waals surface area contributed by atoms with Crippen molar-refractivity contribution in [3.05, 3.63) is 12.2 Å². The Labute approximate surface area is 108 Å². The molecule has 1 aliphatic heterocycles. The van der Waals surface area contributed by atoms with Crippen molar-refractivity contribution in [1.82, 2.24) is 0 Å². The Hall–Kier alpha value is -0.870. The average Bonchev–Trinajstić information content (AvgIpc) is 2.97. The van der Waals surface area contributed by atoms with Gasteiger partial charge in [0, 0.05) is 18.4 Å². The maximum atomic E-state index is 11.1. The molecule has 2 fully saturated rings. The second kappa shape index (κ2) is 6.34. The summed E-state index contributed by atoms with van der Waals surface area (Å²) < 4.78 is 16.4. The van der Waals surface area contributed by atoms with E-state index in [1.54, 1.807) is 0 Å². The lowest BCUT2D eigenvalue weighted by molar-refractivity contribution is -0.182. The van der Waals surface area contributed by atoms with Gasteiger partial charge in [0.2, 0.25) is 0 Å². The van der Waals surface area contributed by atoms with Gasteiger partial charge < -0.3 is 14.2 Å². The Balaban J connectivity index is 1.74. The first kappa shape index (κ1) is 13.6. The molecule has 4 heteroatoms. The number of esters is 1. The summed E-state index contributed by atoms with van der Waals surface area (Å²) >= 11 is 0. The molecule has 18 heavy (non-hydrogen) atoms. The van der Waals surface area contributed by atoms with E-state index < -0.39 is 0 Å². The fourth-order valence-electron chi connectivity index (χ4n) is 2.90. The number of ether oxygens (including phenoxy) is 3. The Morgan fingerprint density at radius 2 is 2.22 bits per heavy atom. The first-order chi connectivity index (χ1) is 8.77. The molecular formula is C14H22O4. The highest BCUT2D eigenvalue weighted by molar-refractivity contribution is 5.81. The van der Waals surface area contributed by atoms with Crippen LogP contribution in [0.2, 0.25) is 0 Å². The average molecular weight is 254 g/mol. The van der Waals surface area contributed by atoms with Gasteiger partial charge in [-0.2, -0.15) is 0 Å². The molecule has 0 radical (unpaired) electrons. The number of hydrogen-bond donors (Lipinski definition) is 0. The van der Waals surface area contributed by atoms with Gasteiger partial charge in [0.05, 0.1) is 19.8 Å². The third kappa shape index (κ3) is 3.12. The van der Waals surface area contributed by atoms with Crippen LogP contribution in [0.1, 0.15) is 39.0 Å². The van der Waals surface area contributed by atoms with Gasteiger partial charge in [-0.15, -0.1) is 0 Å². The molecule has 0 amide bonds. The number of allylic oxidation sites excluding steroid dienone is 1. The molecule has 1 heterocycles. The van der Waals surface area contributed by atoms with E-state index in [1.807, 2.05) is 13.0 Å². The second-order valence-corrected chi connectivity index (χ2v) is 4.83. The summed E-state index contributed by atoms with van der Waals surface area (Å²) in [6.45, 7) is 3.67. The first-order valence-electron chi connectivity index (χ1n) is 6.88. The van der Waals surface area contributed by atoms with E-state index in [1.165, 1.54) is 12.5 Å².